The largest absolute Gasteiger partial charge is 0.353 e. The van der Waals surface area contributed by atoms with Crippen LogP contribution in [0.5, 0.6) is 0 Å². The molecule has 2 unspecified atom stereocenters. The molecule has 2 aliphatic rings. The van der Waals surface area contributed by atoms with Crippen molar-refractivity contribution in [1.29, 1.82) is 0 Å². The van der Waals surface area contributed by atoms with E-state index in [0.717, 1.165) is 25.7 Å². The Morgan fingerprint density at radius 2 is 1.50 bits per heavy atom. The Kier molecular flexibility index (Phi) is 7.71. The third-order valence-electron chi connectivity index (χ3n) is 5.72. The molecule has 0 radical (unpaired) electrons. The summed E-state index contributed by atoms with van der Waals surface area (Å²) in [6, 6.07) is 1.87. The number of nitrogens with zero attached hydrogens (tertiary/aromatic N) is 1. The second-order valence-corrected chi connectivity index (χ2v) is 7.51. The van der Waals surface area contributed by atoms with E-state index in [-0.39, 0.29) is 0 Å². The normalized spacial score (nSPS) is 28.0. The second kappa shape index (κ2) is 9.54. The zero-order chi connectivity index (χ0) is 15.8. The number of nitrogens with one attached hydrogen (secondary N) is 1. The van der Waals surface area contributed by atoms with Crippen molar-refractivity contribution in [2.45, 2.75) is 109 Å². The number of piperidine rings is 1. The summed E-state index contributed by atoms with van der Waals surface area (Å²) in [6.07, 6.45) is 16.1. The molecular weight excluding hydrogens is 272 g/mol. The molecule has 2 saturated heterocycles. The fraction of sp³-hybridized carbons (Fsp3) is 0.947. The first kappa shape index (κ1) is 17.8. The van der Waals surface area contributed by atoms with E-state index in [1.807, 2.05) is 0 Å². The van der Waals surface area contributed by atoms with Crippen LogP contribution in [0.1, 0.15) is 90.4 Å². The van der Waals surface area contributed by atoms with Crippen molar-refractivity contribution in [2.75, 3.05) is 7.05 Å². The number of unbranched alkanes of at least 4 members (excludes halogenated alkanes) is 7. The van der Waals surface area contributed by atoms with Gasteiger partial charge in [0, 0.05) is 24.5 Å². The minimum absolute atomic E-state index is 0.292. The molecule has 22 heavy (non-hydrogen) atoms. The molecule has 0 aromatic carbocycles. The van der Waals surface area contributed by atoms with Crippen LogP contribution in [0.2, 0.25) is 0 Å². The van der Waals surface area contributed by atoms with E-state index >= 15 is 0 Å². The highest BCUT2D eigenvalue weighted by atomic mass is 16.1. The Labute approximate surface area is 137 Å². The van der Waals surface area contributed by atoms with Crippen LogP contribution in [0.25, 0.3) is 0 Å². The van der Waals surface area contributed by atoms with E-state index in [2.05, 4.69) is 24.2 Å². The maximum atomic E-state index is 12.1. The molecule has 2 bridgehead atoms. The second-order valence-electron chi connectivity index (χ2n) is 7.51. The first-order chi connectivity index (χ1) is 10.7. The van der Waals surface area contributed by atoms with Crippen LogP contribution in [0.3, 0.4) is 0 Å². The van der Waals surface area contributed by atoms with Crippen molar-refractivity contribution in [2.24, 2.45) is 0 Å². The Hall–Kier alpha value is -0.570. The Morgan fingerprint density at radius 1 is 0.955 bits per heavy atom. The molecule has 1 amide bonds. The monoisotopic (exact) mass is 308 g/mol. The van der Waals surface area contributed by atoms with Crippen molar-refractivity contribution in [1.82, 2.24) is 10.2 Å². The van der Waals surface area contributed by atoms with Gasteiger partial charge in [0.15, 0.2) is 0 Å². The molecule has 2 atom stereocenters. The Bertz CT molecular complexity index is 317. The molecular formula is C19H36N2O. The summed E-state index contributed by atoms with van der Waals surface area (Å²) in [6.45, 7) is 2.26. The lowest BCUT2D eigenvalue weighted by atomic mass is 9.97. The lowest BCUT2D eigenvalue weighted by Crippen LogP contribution is -2.48. The van der Waals surface area contributed by atoms with Gasteiger partial charge in [0.05, 0.1) is 0 Å². The molecule has 0 aliphatic carbocycles. The van der Waals surface area contributed by atoms with Gasteiger partial charge in [0.1, 0.15) is 0 Å². The standard InChI is InChI=1S/C19H36N2O/c1-3-4-5-6-7-8-9-10-11-19(22)20-16-14-17-12-13-18(15-16)21(17)2/h16-18H,3-15H2,1-2H3,(H,20,22). The molecule has 0 aromatic rings. The minimum atomic E-state index is 0.292. The third-order valence-corrected chi connectivity index (χ3v) is 5.72. The Morgan fingerprint density at radius 3 is 2.09 bits per heavy atom. The molecule has 2 aliphatic heterocycles. The zero-order valence-electron chi connectivity index (χ0n) is 14.8. The van der Waals surface area contributed by atoms with Crippen LogP contribution in [-0.4, -0.2) is 36.0 Å². The number of carbonyl (C=O) groups excluding carboxylic acids is 1. The van der Waals surface area contributed by atoms with E-state index in [9.17, 15) is 4.79 Å². The molecule has 0 saturated carbocycles. The van der Waals surface area contributed by atoms with Crippen molar-refractivity contribution >= 4 is 5.91 Å². The van der Waals surface area contributed by atoms with Crippen LogP contribution in [-0.2, 0) is 4.79 Å². The smallest absolute Gasteiger partial charge is 0.220 e. The summed E-state index contributed by atoms with van der Waals surface area (Å²) in [5.41, 5.74) is 0. The molecule has 2 heterocycles. The van der Waals surface area contributed by atoms with Crippen LogP contribution in [0.4, 0.5) is 0 Å². The Balaban J connectivity index is 1.48. The molecule has 1 N–H and O–H groups in total. The van der Waals surface area contributed by atoms with E-state index in [1.165, 1.54) is 57.8 Å². The average molecular weight is 309 g/mol. The summed E-state index contributed by atoms with van der Waals surface area (Å²) in [5, 5.41) is 3.29. The highest BCUT2D eigenvalue weighted by molar-refractivity contribution is 5.76. The number of hydrogen-bond acceptors (Lipinski definition) is 2. The molecule has 0 aromatic heterocycles. The maximum absolute atomic E-state index is 12.1. The van der Waals surface area contributed by atoms with E-state index in [0.29, 0.717) is 24.0 Å². The highest BCUT2D eigenvalue weighted by Crippen LogP contribution is 2.34. The lowest BCUT2D eigenvalue weighted by molar-refractivity contribution is -0.122. The average Bonchev–Trinajstić information content (AvgIpc) is 2.72. The predicted molar refractivity (Wildman–Crippen MR) is 93.0 cm³/mol. The van der Waals surface area contributed by atoms with Gasteiger partial charge in [-0.05, 0) is 39.2 Å². The molecule has 3 nitrogen and oxygen atoms in total. The molecule has 3 heteroatoms. The maximum Gasteiger partial charge on any atom is 0.220 e. The lowest BCUT2D eigenvalue weighted by Gasteiger charge is -2.36. The number of hydrogen-bond donors (Lipinski definition) is 1. The summed E-state index contributed by atoms with van der Waals surface area (Å²) < 4.78 is 0. The third kappa shape index (κ3) is 5.57. The number of rotatable bonds is 10. The van der Waals surface area contributed by atoms with Gasteiger partial charge in [-0.15, -0.1) is 0 Å². The quantitative estimate of drug-likeness (QED) is 0.612. The number of fused-ring (bicyclic) bond motifs is 2. The van der Waals surface area contributed by atoms with E-state index in [1.54, 1.807) is 0 Å². The number of carbonyl (C=O) groups is 1. The summed E-state index contributed by atoms with van der Waals surface area (Å²) in [4.78, 5) is 14.6. The predicted octanol–water partition coefficient (Wildman–Crippen LogP) is 4.26. The SMILES string of the molecule is CCCCCCCCCCC(=O)NC1CC2CCC(C1)N2C. The topological polar surface area (TPSA) is 32.3 Å². The first-order valence-electron chi connectivity index (χ1n) is 9.72. The molecule has 128 valence electrons. The van der Waals surface area contributed by atoms with Crippen molar-refractivity contribution in [3.8, 4) is 0 Å². The van der Waals surface area contributed by atoms with Crippen LogP contribution < -0.4 is 5.32 Å². The fourth-order valence-electron chi connectivity index (χ4n) is 4.25. The summed E-state index contributed by atoms with van der Waals surface area (Å²) in [7, 11) is 2.25. The molecule has 2 rings (SSSR count). The zero-order valence-corrected chi connectivity index (χ0v) is 14.8. The highest BCUT2D eigenvalue weighted by Gasteiger charge is 2.38. The van der Waals surface area contributed by atoms with Gasteiger partial charge in [-0.25, -0.2) is 0 Å². The minimum Gasteiger partial charge on any atom is -0.353 e. The van der Waals surface area contributed by atoms with Crippen LogP contribution in [0.15, 0.2) is 0 Å². The van der Waals surface area contributed by atoms with Crippen molar-refractivity contribution < 1.29 is 4.79 Å². The fourth-order valence-corrected chi connectivity index (χ4v) is 4.25. The van der Waals surface area contributed by atoms with E-state index in [4.69, 9.17) is 0 Å². The summed E-state index contributed by atoms with van der Waals surface area (Å²) in [5.74, 6) is 0.292. The van der Waals surface area contributed by atoms with Crippen LogP contribution >= 0.6 is 0 Å². The summed E-state index contributed by atoms with van der Waals surface area (Å²) >= 11 is 0. The number of amides is 1. The van der Waals surface area contributed by atoms with Gasteiger partial charge in [-0.1, -0.05) is 51.9 Å². The van der Waals surface area contributed by atoms with Gasteiger partial charge < -0.3 is 10.2 Å². The van der Waals surface area contributed by atoms with Crippen molar-refractivity contribution in [3.05, 3.63) is 0 Å². The van der Waals surface area contributed by atoms with Gasteiger partial charge >= 0.3 is 0 Å². The van der Waals surface area contributed by atoms with Crippen LogP contribution in [0, 0.1) is 0 Å². The first-order valence-corrected chi connectivity index (χ1v) is 9.72. The van der Waals surface area contributed by atoms with Gasteiger partial charge in [0.25, 0.3) is 0 Å². The van der Waals surface area contributed by atoms with E-state index < -0.39 is 0 Å². The van der Waals surface area contributed by atoms with Gasteiger partial charge in [0.2, 0.25) is 5.91 Å². The van der Waals surface area contributed by atoms with Gasteiger partial charge in [-0.3, -0.25) is 4.79 Å². The van der Waals surface area contributed by atoms with Crippen molar-refractivity contribution in [3.63, 3.8) is 0 Å². The molecule has 2 fully saturated rings. The molecule has 0 spiro atoms. The van der Waals surface area contributed by atoms with Gasteiger partial charge in [-0.2, -0.15) is 0 Å².